The van der Waals surface area contributed by atoms with E-state index in [2.05, 4.69) is 10.6 Å². The van der Waals surface area contributed by atoms with Gasteiger partial charge in [-0.2, -0.15) is 0 Å². The second kappa shape index (κ2) is 7.51. The maximum Gasteiger partial charge on any atom is 0.313 e. The minimum Gasteiger partial charge on any atom is -0.496 e. The van der Waals surface area contributed by atoms with Gasteiger partial charge in [-0.05, 0) is 24.3 Å². The fourth-order valence-corrected chi connectivity index (χ4v) is 2.15. The molecular weight excluding hydrogens is 318 g/mol. The van der Waals surface area contributed by atoms with Gasteiger partial charge in [0.25, 0.3) is 0 Å². The van der Waals surface area contributed by atoms with Crippen molar-refractivity contribution in [1.82, 2.24) is 5.32 Å². The molecule has 0 saturated heterocycles. The zero-order valence-corrected chi connectivity index (χ0v) is 13.2. The van der Waals surface area contributed by atoms with Crippen molar-refractivity contribution in [1.29, 1.82) is 0 Å². The number of rotatable bonds is 4. The summed E-state index contributed by atoms with van der Waals surface area (Å²) >= 11 is 5.95. The Morgan fingerprint density at radius 2 is 1.91 bits per heavy atom. The molecule has 0 saturated carbocycles. The maximum absolute atomic E-state index is 11.9. The lowest BCUT2D eigenvalue weighted by Crippen LogP contribution is -2.35. The third-order valence-corrected chi connectivity index (χ3v) is 3.39. The number of carbonyl (C=O) groups is 2. The third kappa shape index (κ3) is 4.37. The van der Waals surface area contributed by atoms with E-state index in [1.165, 1.54) is 19.2 Å². The SMILES string of the molecule is COc1ccccc1CNC(=O)C(=O)Nc1ccc(N)cc1Cl. The average molecular weight is 334 g/mol. The Kier molecular flexibility index (Phi) is 5.43. The summed E-state index contributed by atoms with van der Waals surface area (Å²) in [6.45, 7) is 0.172. The minimum atomic E-state index is -0.813. The number of nitrogens with one attached hydrogen (secondary N) is 2. The predicted octanol–water partition coefficient (Wildman–Crippen LogP) is 2.19. The number of nitrogens with two attached hydrogens (primary N) is 1. The molecule has 0 atom stereocenters. The molecule has 23 heavy (non-hydrogen) atoms. The molecule has 0 aliphatic carbocycles. The molecular formula is C16H16ClN3O3. The minimum absolute atomic E-state index is 0.172. The number of benzene rings is 2. The highest BCUT2D eigenvalue weighted by molar-refractivity contribution is 6.41. The largest absolute Gasteiger partial charge is 0.496 e. The summed E-state index contributed by atoms with van der Waals surface area (Å²) in [7, 11) is 1.54. The summed E-state index contributed by atoms with van der Waals surface area (Å²) in [5.41, 5.74) is 7.12. The number of para-hydroxylation sites is 1. The molecule has 0 heterocycles. The van der Waals surface area contributed by atoms with E-state index < -0.39 is 11.8 Å². The van der Waals surface area contributed by atoms with Gasteiger partial charge in [0, 0.05) is 17.8 Å². The smallest absolute Gasteiger partial charge is 0.313 e. The van der Waals surface area contributed by atoms with Crippen molar-refractivity contribution in [2.24, 2.45) is 0 Å². The fraction of sp³-hybridized carbons (Fsp3) is 0.125. The van der Waals surface area contributed by atoms with Crippen molar-refractivity contribution in [2.45, 2.75) is 6.54 Å². The molecule has 2 aromatic rings. The molecule has 6 nitrogen and oxygen atoms in total. The molecule has 0 bridgehead atoms. The first-order valence-electron chi connectivity index (χ1n) is 6.77. The number of hydrogen-bond acceptors (Lipinski definition) is 4. The van der Waals surface area contributed by atoms with Crippen molar-refractivity contribution >= 4 is 34.8 Å². The van der Waals surface area contributed by atoms with Crippen LogP contribution in [0, 0.1) is 0 Å². The molecule has 4 N–H and O–H groups in total. The van der Waals surface area contributed by atoms with Gasteiger partial charge in [-0.15, -0.1) is 0 Å². The van der Waals surface area contributed by atoms with E-state index >= 15 is 0 Å². The molecule has 0 aliphatic rings. The van der Waals surface area contributed by atoms with Crippen LogP contribution in [0.3, 0.4) is 0 Å². The van der Waals surface area contributed by atoms with Crippen LogP contribution in [-0.4, -0.2) is 18.9 Å². The molecule has 0 fully saturated rings. The van der Waals surface area contributed by atoms with Gasteiger partial charge in [0.2, 0.25) is 0 Å². The van der Waals surface area contributed by atoms with Gasteiger partial charge in [0.15, 0.2) is 0 Å². The van der Waals surface area contributed by atoms with Gasteiger partial charge in [-0.25, -0.2) is 0 Å². The van der Waals surface area contributed by atoms with Crippen molar-refractivity contribution in [2.75, 3.05) is 18.2 Å². The molecule has 120 valence electrons. The quantitative estimate of drug-likeness (QED) is 0.590. The summed E-state index contributed by atoms with van der Waals surface area (Å²) in [5.74, 6) is -0.954. The molecule has 2 rings (SSSR count). The Bertz CT molecular complexity index is 734. The molecule has 0 aromatic heterocycles. The molecule has 0 spiro atoms. The lowest BCUT2D eigenvalue weighted by molar-refractivity contribution is -0.136. The summed E-state index contributed by atoms with van der Waals surface area (Å²) in [6.07, 6.45) is 0. The monoisotopic (exact) mass is 333 g/mol. The first-order chi connectivity index (χ1) is 11.0. The zero-order chi connectivity index (χ0) is 16.8. The van der Waals surface area contributed by atoms with Gasteiger partial charge in [-0.3, -0.25) is 9.59 Å². The second-order valence-corrected chi connectivity index (χ2v) is 5.10. The van der Waals surface area contributed by atoms with Gasteiger partial charge in [0.1, 0.15) is 5.75 Å². The normalized spacial score (nSPS) is 10.0. The Morgan fingerprint density at radius 3 is 2.61 bits per heavy atom. The molecule has 0 radical (unpaired) electrons. The standard InChI is InChI=1S/C16H16ClN3O3/c1-23-14-5-3-2-4-10(14)9-19-15(21)16(22)20-13-7-6-11(18)8-12(13)17/h2-8H,9,18H2,1H3,(H,19,21)(H,20,22). The van der Waals surface area contributed by atoms with Crippen LogP contribution in [0.5, 0.6) is 5.75 Å². The second-order valence-electron chi connectivity index (χ2n) is 4.69. The van der Waals surface area contributed by atoms with Crippen molar-refractivity contribution in [3.63, 3.8) is 0 Å². The van der Waals surface area contributed by atoms with Crippen LogP contribution in [0.15, 0.2) is 42.5 Å². The Hall–Kier alpha value is -2.73. The van der Waals surface area contributed by atoms with Gasteiger partial charge in [0.05, 0.1) is 17.8 Å². The van der Waals surface area contributed by atoms with E-state index in [-0.39, 0.29) is 11.6 Å². The van der Waals surface area contributed by atoms with Gasteiger partial charge < -0.3 is 21.1 Å². The highest BCUT2D eigenvalue weighted by atomic mass is 35.5. The average Bonchev–Trinajstić information content (AvgIpc) is 2.55. The topological polar surface area (TPSA) is 93.4 Å². The van der Waals surface area contributed by atoms with E-state index in [4.69, 9.17) is 22.1 Å². The van der Waals surface area contributed by atoms with E-state index in [0.29, 0.717) is 17.1 Å². The van der Waals surface area contributed by atoms with Gasteiger partial charge in [-0.1, -0.05) is 29.8 Å². The maximum atomic E-state index is 11.9. The van der Waals surface area contributed by atoms with Crippen LogP contribution in [0.4, 0.5) is 11.4 Å². The number of carbonyl (C=O) groups excluding carboxylic acids is 2. The number of methoxy groups -OCH3 is 1. The first kappa shape index (κ1) is 16.6. The Balaban J connectivity index is 1.96. The molecule has 0 aliphatic heterocycles. The van der Waals surface area contributed by atoms with Crippen molar-refractivity contribution in [3.8, 4) is 5.75 Å². The lowest BCUT2D eigenvalue weighted by Gasteiger charge is -2.10. The van der Waals surface area contributed by atoms with Crippen LogP contribution >= 0.6 is 11.6 Å². The highest BCUT2D eigenvalue weighted by Crippen LogP contribution is 2.23. The summed E-state index contributed by atoms with van der Waals surface area (Å²) in [4.78, 5) is 23.7. The van der Waals surface area contributed by atoms with Crippen LogP contribution in [0.25, 0.3) is 0 Å². The Labute approximate surface area is 138 Å². The van der Waals surface area contributed by atoms with E-state index in [0.717, 1.165) is 5.56 Å². The molecule has 2 aromatic carbocycles. The predicted molar refractivity (Wildman–Crippen MR) is 89.3 cm³/mol. The van der Waals surface area contributed by atoms with Crippen molar-refractivity contribution < 1.29 is 14.3 Å². The summed E-state index contributed by atoms with van der Waals surface area (Å²) < 4.78 is 5.18. The fourth-order valence-electron chi connectivity index (χ4n) is 1.92. The summed E-state index contributed by atoms with van der Waals surface area (Å²) in [6, 6.07) is 11.8. The lowest BCUT2D eigenvalue weighted by atomic mass is 10.2. The number of anilines is 2. The van der Waals surface area contributed by atoms with Crippen LogP contribution < -0.4 is 21.1 Å². The summed E-state index contributed by atoms with van der Waals surface area (Å²) in [5, 5.41) is 5.22. The van der Waals surface area contributed by atoms with Crippen LogP contribution in [0.1, 0.15) is 5.56 Å². The van der Waals surface area contributed by atoms with E-state index in [1.54, 1.807) is 18.2 Å². The number of nitrogen functional groups attached to an aromatic ring is 1. The first-order valence-corrected chi connectivity index (χ1v) is 7.15. The number of ether oxygens (including phenoxy) is 1. The molecule has 2 amide bonds. The number of halogens is 1. The van der Waals surface area contributed by atoms with Crippen molar-refractivity contribution in [3.05, 3.63) is 53.1 Å². The van der Waals surface area contributed by atoms with Gasteiger partial charge >= 0.3 is 11.8 Å². The number of hydrogen-bond donors (Lipinski definition) is 3. The van der Waals surface area contributed by atoms with E-state index in [1.807, 2.05) is 12.1 Å². The highest BCUT2D eigenvalue weighted by Gasteiger charge is 2.15. The number of amides is 2. The molecule has 7 heteroatoms. The Morgan fingerprint density at radius 1 is 1.17 bits per heavy atom. The van der Waals surface area contributed by atoms with Crippen LogP contribution in [-0.2, 0) is 16.1 Å². The zero-order valence-electron chi connectivity index (χ0n) is 12.4. The van der Waals surface area contributed by atoms with Crippen LogP contribution in [0.2, 0.25) is 5.02 Å². The third-order valence-electron chi connectivity index (χ3n) is 3.08. The van der Waals surface area contributed by atoms with E-state index in [9.17, 15) is 9.59 Å². The molecule has 0 unspecified atom stereocenters.